The Hall–Kier alpha value is -2.17. The number of benzene rings is 1. The van der Waals surface area contributed by atoms with Crippen molar-refractivity contribution < 1.29 is 9.72 Å². The van der Waals surface area contributed by atoms with Gasteiger partial charge in [-0.1, -0.05) is 18.2 Å². The molecule has 1 amide bonds. The molecule has 5 heteroatoms. The summed E-state index contributed by atoms with van der Waals surface area (Å²) in [5.74, 6) is -0.103. The van der Waals surface area contributed by atoms with Crippen molar-refractivity contribution in [2.45, 2.75) is 19.3 Å². The van der Waals surface area contributed by atoms with Gasteiger partial charge in [-0.25, -0.2) is 0 Å². The Balaban J connectivity index is 2.04. The van der Waals surface area contributed by atoms with E-state index in [1.165, 1.54) is 12.1 Å². The van der Waals surface area contributed by atoms with Gasteiger partial charge in [0.1, 0.15) is 0 Å². The smallest absolute Gasteiger partial charge is 0.271 e. The molecule has 0 bridgehead atoms. The Morgan fingerprint density at radius 2 is 2.22 bits per heavy atom. The quantitative estimate of drug-likeness (QED) is 0.506. The molecule has 0 heterocycles. The first-order valence-corrected chi connectivity index (χ1v) is 5.87. The number of non-ortho nitro benzene ring substituents is 1. The molecule has 1 aromatic carbocycles. The number of rotatable bonds is 3. The second kappa shape index (κ2) is 5.44. The number of carbonyl (C=O) groups is 1. The Morgan fingerprint density at radius 3 is 2.89 bits per heavy atom. The predicted molar refractivity (Wildman–Crippen MR) is 68.2 cm³/mol. The van der Waals surface area contributed by atoms with Crippen molar-refractivity contribution >= 4 is 17.3 Å². The largest absolute Gasteiger partial charge is 0.326 e. The molecule has 1 aliphatic carbocycles. The fourth-order valence-electron chi connectivity index (χ4n) is 1.97. The van der Waals surface area contributed by atoms with Crippen LogP contribution in [0.3, 0.4) is 0 Å². The number of allylic oxidation sites excluding steroid dienone is 2. The van der Waals surface area contributed by atoms with Gasteiger partial charge in [-0.05, 0) is 25.3 Å². The second-order valence-electron chi connectivity index (χ2n) is 4.28. The number of nitrogens with zero attached hydrogens (tertiary/aromatic N) is 1. The van der Waals surface area contributed by atoms with Gasteiger partial charge in [-0.3, -0.25) is 14.9 Å². The highest BCUT2D eigenvalue weighted by atomic mass is 16.6. The fourth-order valence-corrected chi connectivity index (χ4v) is 1.97. The van der Waals surface area contributed by atoms with Crippen molar-refractivity contribution in [1.29, 1.82) is 0 Å². The topological polar surface area (TPSA) is 72.2 Å². The number of amides is 1. The highest BCUT2D eigenvalue weighted by molar-refractivity contribution is 5.93. The lowest BCUT2D eigenvalue weighted by Gasteiger charge is -2.17. The molecule has 0 radical (unpaired) electrons. The van der Waals surface area contributed by atoms with Gasteiger partial charge in [0.05, 0.1) is 4.92 Å². The van der Waals surface area contributed by atoms with Gasteiger partial charge in [0, 0.05) is 23.7 Å². The maximum absolute atomic E-state index is 11.9. The van der Waals surface area contributed by atoms with Gasteiger partial charge in [0.2, 0.25) is 5.91 Å². The van der Waals surface area contributed by atoms with Gasteiger partial charge in [-0.2, -0.15) is 0 Å². The van der Waals surface area contributed by atoms with Crippen LogP contribution in [0.4, 0.5) is 11.4 Å². The molecule has 1 aromatic rings. The van der Waals surface area contributed by atoms with Crippen LogP contribution >= 0.6 is 0 Å². The van der Waals surface area contributed by atoms with E-state index < -0.39 is 4.92 Å². The zero-order valence-corrected chi connectivity index (χ0v) is 9.83. The van der Waals surface area contributed by atoms with Gasteiger partial charge in [0.25, 0.3) is 5.69 Å². The number of carbonyl (C=O) groups excluding carboxylic acids is 1. The molecule has 1 N–H and O–H groups in total. The summed E-state index contributed by atoms with van der Waals surface area (Å²) >= 11 is 0. The number of nitro groups is 1. The summed E-state index contributed by atoms with van der Waals surface area (Å²) in [5.41, 5.74) is 0.458. The predicted octanol–water partition coefficient (Wildman–Crippen LogP) is 2.89. The third-order valence-corrected chi connectivity index (χ3v) is 2.96. The van der Waals surface area contributed by atoms with Crippen molar-refractivity contribution in [3.05, 3.63) is 46.5 Å². The standard InChI is InChI=1S/C13H14N2O3/c16-13(10-5-2-1-3-6-10)14-11-7-4-8-12(9-11)15(17)18/h1-2,4,7-10H,3,5-6H2,(H,14,16)/t10-/m1/s1. The molecule has 0 fully saturated rings. The lowest BCUT2D eigenvalue weighted by Crippen LogP contribution is -2.23. The van der Waals surface area contributed by atoms with Crippen molar-refractivity contribution in [2.24, 2.45) is 5.92 Å². The molecule has 0 saturated heterocycles. The van der Waals surface area contributed by atoms with E-state index in [9.17, 15) is 14.9 Å². The van der Waals surface area contributed by atoms with E-state index in [0.29, 0.717) is 5.69 Å². The van der Waals surface area contributed by atoms with E-state index in [1.807, 2.05) is 6.08 Å². The number of hydrogen-bond donors (Lipinski definition) is 1. The highest BCUT2D eigenvalue weighted by Gasteiger charge is 2.19. The lowest BCUT2D eigenvalue weighted by atomic mass is 9.93. The van der Waals surface area contributed by atoms with Gasteiger partial charge >= 0.3 is 0 Å². The molecule has 0 unspecified atom stereocenters. The van der Waals surface area contributed by atoms with Crippen molar-refractivity contribution in [1.82, 2.24) is 0 Å². The summed E-state index contributed by atoms with van der Waals surface area (Å²) in [6, 6.07) is 5.99. The number of anilines is 1. The van der Waals surface area contributed by atoms with Crippen LogP contribution in [-0.2, 0) is 4.79 Å². The minimum atomic E-state index is -0.473. The third-order valence-electron chi connectivity index (χ3n) is 2.96. The fraction of sp³-hybridized carbons (Fsp3) is 0.308. The summed E-state index contributed by atoms with van der Waals surface area (Å²) in [4.78, 5) is 22.1. The van der Waals surface area contributed by atoms with Crippen LogP contribution in [0.25, 0.3) is 0 Å². The van der Waals surface area contributed by atoms with Crippen molar-refractivity contribution in [3.8, 4) is 0 Å². The van der Waals surface area contributed by atoms with E-state index in [-0.39, 0.29) is 17.5 Å². The number of nitro benzene ring substituents is 1. The van der Waals surface area contributed by atoms with E-state index >= 15 is 0 Å². The number of nitrogens with one attached hydrogen (secondary N) is 1. The summed E-state index contributed by atoms with van der Waals surface area (Å²) < 4.78 is 0. The maximum atomic E-state index is 11.9. The molecule has 0 spiro atoms. The van der Waals surface area contributed by atoms with E-state index in [0.717, 1.165) is 19.3 Å². The first kappa shape index (κ1) is 12.3. The van der Waals surface area contributed by atoms with Crippen LogP contribution in [0.5, 0.6) is 0 Å². The third kappa shape index (κ3) is 2.94. The van der Waals surface area contributed by atoms with Crippen LogP contribution < -0.4 is 5.32 Å². The summed E-state index contributed by atoms with van der Waals surface area (Å²) in [7, 11) is 0. The van der Waals surface area contributed by atoms with E-state index in [1.54, 1.807) is 12.1 Å². The minimum Gasteiger partial charge on any atom is -0.326 e. The molecule has 0 aliphatic heterocycles. The molecule has 0 aromatic heterocycles. The summed E-state index contributed by atoms with van der Waals surface area (Å²) in [6.45, 7) is 0. The zero-order chi connectivity index (χ0) is 13.0. The van der Waals surface area contributed by atoms with Gasteiger partial charge < -0.3 is 5.32 Å². The first-order chi connectivity index (χ1) is 8.66. The molecule has 94 valence electrons. The van der Waals surface area contributed by atoms with Crippen LogP contribution in [-0.4, -0.2) is 10.8 Å². The van der Waals surface area contributed by atoms with Crippen molar-refractivity contribution in [3.63, 3.8) is 0 Å². The molecule has 2 rings (SSSR count). The molecule has 1 aliphatic rings. The second-order valence-corrected chi connectivity index (χ2v) is 4.28. The first-order valence-electron chi connectivity index (χ1n) is 5.87. The van der Waals surface area contributed by atoms with Crippen LogP contribution in [0, 0.1) is 16.0 Å². The van der Waals surface area contributed by atoms with Crippen molar-refractivity contribution in [2.75, 3.05) is 5.32 Å². The van der Waals surface area contributed by atoms with Gasteiger partial charge in [0.15, 0.2) is 0 Å². The molecule has 18 heavy (non-hydrogen) atoms. The number of hydrogen-bond acceptors (Lipinski definition) is 3. The normalized spacial score (nSPS) is 18.3. The van der Waals surface area contributed by atoms with Crippen LogP contribution in [0.2, 0.25) is 0 Å². The molecule has 5 nitrogen and oxygen atoms in total. The summed E-state index contributed by atoms with van der Waals surface area (Å²) in [6.07, 6.45) is 6.55. The Bertz CT molecular complexity index is 497. The Morgan fingerprint density at radius 1 is 1.39 bits per heavy atom. The minimum absolute atomic E-state index is 0.0173. The summed E-state index contributed by atoms with van der Waals surface area (Å²) in [5, 5.41) is 13.4. The SMILES string of the molecule is O=C(Nc1cccc([N+](=O)[O-])c1)[C@@H]1CC=CCC1. The average Bonchev–Trinajstić information content (AvgIpc) is 2.40. The molecule has 0 saturated carbocycles. The highest BCUT2D eigenvalue weighted by Crippen LogP contribution is 2.22. The van der Waals surface area contributed by atoms with E-state index in [2.05, 4.69) is 11.4 Å². The molecular formula is C13H14N2O3. The van der Waals surface area contributed by atoms with E-state index in [4.69, 9.17) is 0 Å². The monoisotopic (exact) mass is 246 g/mol. The lowest BCUT2D eigenvalue weighted by molar-refractivity contribution is -0.384. The Kier molecular flexibility index (Phi) is 3.72. The Labute approximate surface area is 105 Å². The van der Waals surface area contributed by atoms with Gasteiger partial charge in [-0.15, -0.1) is 0 Å². The molecule has 1 atom stereocenters. The molecular weight excluding hydrogens is 232 g/mol. The van der Waals surface area contributed by atoms with Crippen LogP contribution in [0.1, 0.15) is 19.3 Å². The zero-order valence-electron chi connectivity index (χ0n) is 9.83. The maximum Gasteiger partial charge on any atom is 0.271 e. The van der Waals surface area contributed by atoms with Crippen LogP contribution in [0.15, 0.2) is 36.4 Å². The average molecular weight is 246 g/mol.